The third kappa shape index (κ3) is 2.87. The van der Waals surface area contributed by atoms with Crippen molar-refractivity contribution in [2.45, 2.75) is 6.92 Å². The molecular weight excluding hydrogens is 296 g/mol. The van der Waals surface area contributed by atoms with Gasteiger partial charge in [0.25, 0.3) is 5.91 Å². The number of amides is 1. The monoisotopic (exact) mass is 306 g/mol. The summed E-state index contributed by atoms with van der Waals surface area (Å²) in [5.41, 5.74) is 1.73. The fraction of sp³-hybridized carbons (Fsp3) is 0.0769. The predicted octanol–water partition coefficient (Wildman–Crippen LogP) is 3.11. The lowest BCUT2D eigenvalue weighted by Crippen LogP contribution is -2.12. The summed E-state index contributed by atoms with van der Waals surface area (Å²) in [4.78, 5) is 16.0. The standard InChI is InChI=1S/C13H11BrN2O2/c1-8-2-4-11(17)10(6-8)13(18)16-9-3-5-12(14)15-7-9/h2-7,17H,1H3,(H,16,18). The molecule has 2 N–H and O–H groups in total. The second-order valence-electron chi connectivity index (χ2n) is 3.84. The maximum atomic E-state index is 12.0. The molecule has 2 aromatic rings. The highest BCUT2D eigenvalue weighted by molar-refractivity contribution is 9.10. The van der Waals surface area contributed by atoms with Gasteiger partial charge in [0, 0.05) is 0 Å². The first-order chi connectivity index (χ1) is 8.56. The van der Waals surface area contributed by atoms with Crippen LogP contribution in [0.4, 0.5) is 5.69 Å². The lowest BCUT2D eigenvalue weighted by Gasteiger charge is -2.07. The fourth-order valence-electron chi connectivity index (χ4n) is 1.48. The number of anilines is 1. The molecule has 0 bridgehead atoms. The van der Waals surface area contributed by atoms with Crippen molar-refractivity contribution < 1.29 is 9.90 Å². The summed E-state index contributed by atoms with van der Waals surface area (Å²) in [6.45, 7) is 1.86. The number of aryl methyl sites for hydroxylation is 1. The zero-order valence-electron chi connectivity index (χ0n) is 9.64. The molecule has 1 amide bonds. The van der Waals surface area contributed by atoms with E-state index in [1.807, 2.05) is 6.92 Å². The first-order valence-electron chi connectivity index (χ1n) is 5.29. The number of aromatic hydroxyl groups is 1. The topological polar surface area (TPSA) is 62.2 Å². The van der Waals surface area contributed by atoms with E-state index >= 15 is 0 Å². The molecule has 0 radical (unpaired) electrons. The van der Waals surface area contributed by atoms with Gasteiger partial charge in [-0.2, -0.15) is 0 Å². The number of carbonyl (C=O) groups is 1. The SMILES string of the molecule is Cc1ccc(O)c(C(=O)Nc2ccc(Br)nc2)c1. The molecule has 0 saturated carbocycles. The van der Waals surface area contributed by atoms with E-state index < -0.39 is 0 Å². The number of aromatic nitrogens is 1. The first kappa shape index (κ1) is 12.6. The minimum atomic E-state index is -0.361. The Kier molecular flexibility index (Phi) is 3.62. The summed E-state index contributed by atoms with van der Waals surface area (Å²) >= 11 is 3.21. The van der Waals surface area contributed by atoms with Gasteiger partial charge in [0.05, 0.1) is 17.4 Å². The molecule has 5 heteroatoms. The molecule has 2 rings (SSSR count). The second kappa shape index (κ2) is 5.18. The Morgan fingerprint density at radius 3 is 2.78 bits per heavy atom. The zero-order valence-corrected chi connectivity index (χ0v) is 11.2. The molecule has 1 heterocycles. The molecule has 4 nitrogen and oxygen atoms in total. The van der Waals surface area contributed by atoms with Crippen molar-refractivity contribution in [3.05, 3.63) is 52.3 Å². The van der Waals surface area contributed by atoms with Crippen molar-refractivity contribution in [3.63, 3.8) is 0 Å². The van der Waals surface area contributed by atoms with Crippen LogP contribution in [0.2, 0.25) is 0 Å². The average Bonchev–Trinajstić information content (AvgIpc) is 2.35. The summed E-state index contributed by atoms with van der Waals surface area (Å²) in [7, 11) is 0. The Morgan fingerprint density at radius 2 is 2.11 bits per heavy atom. The Balaban J connectivity index is 2.21. The van der Waals surface area contributed by atoms with Gasteiger partial charge < -0.3 is 10.4 Å². The minimum Gasteiger partial charge on any atom is -0.507 e. The van der Waals surface area contributed by atoms with Gasteiger partial charge in [-0.1, -0.05) is 11.6 Å². The maximum absolute atomic E-state index is 12.0. The molecule has 0 aliphatic rings. The van der Waals surface area contributed by atoms with E-state index in [-0.39, 0.29) is 17.2 Å². The number of nitrogens with one attached hydrogen (secondary N) is 1. The van der Waals surface area contributed by atoms with Crippen LogP contribution in [0.3, 0.4) is 0 Å². The summed E-state index contributed by atoms with van der Waals surface area (Å²) in [5, 5.41) is 12.3. The average molecular weight is 307 g/mol. The van der Waals surface area contributed by atoms with Gasteiger partial charge in [0.1, 0.15) is 10.4 Å². The minimum absolute atomic E-state index is 0.0387. The van der Waals surface area contributed by atoms with Crippen molar-refractivity contribution in [2.75, 3.05) is 5.32 Å². The molecule has 0 aliphatic heterocycles. The molecule has 92 valence electrons. The number of phenolic OH excluding ortho intramolecular Hbond substituents is 1. The maximum Gasteiger partial charge on any atom is 0.259 e. The van der Waals surface area contributed by atoms with E-state index in [4.69, 9.17) is 0 Å². The molecule has 0 fully saturated rings. The number of halogens is 1. The van der Waals surface area contributed by atoms with Crippen LogP contribution >= 0.6 is 15.9 Å². The van der Waals surface area contributed by atoms with Crippen LogP contribution in [-0.4, -0.2) is 16.0 Å². The van der Waals surface area contributed by atoms with E-state index in [9.17, 15) is 9.90 Å². The van der Waals surface area contributed by atoms with Crippen molar-refractivity contribution >= 4 is 27.5 Å². The molecule has 0 spiro atoms. The van der Waals surface area contributed by atoms with Crippen LogP contribution in [-0.2, 0) is 0 Å². The van der Waals surface area contributed by atoms with E-state index in [0.717, 1.165) is 5.56 Å². The van der Waals surface area contributed by atoms with Crippen LogP contribution in [0.15, 0.2) is 41.1 Å². The van der Waals surface area contributed by atoms with Gasteiger partial charge in [0.15, 0.2) is 0 Å². The highest BCUT2D eigenvalue weighted by atomic mass is 79.9. The Labute approximate surface area is 113 Å². The normalized spacial score (nSPS) is 10.1. The largest absolute Gasteiger partial charge is 0.507 e. The van der Waals surface area contributed by atoms with Crippen LogP contribution in [0, 0.1) is 6.92 Å². The molecule has 0 atom stereocenters. The number of pyridine rings is 1. The third-order valence-corrected chi connectivity index (χ3v) is 2.85. The van der Waals surface area contributed by atoms with E-state index in [0.29, 0.717) is 10.3 Å². The lowest BCUT2D eigenvalue weighted by molar-refractivity contribution is 0.102. The summed E-state index contributed by atoms with van der Waals surface area (Å²) in [6.07, 6.45) is 1.54. The Morgan fingerprint density at radius 1 is 1.33 bits per heavy atom. The molecule has 0 aliphatic carbocycles. The lowest BCUT2D eigenvalue weighted by atomic mass is 10.1. The van der Waals surface area contributed by atoms with Gasteiger partial charge in [-0.25, -0.2) is 4.98 Å². The molecule has 0 unspecified atom stereocenters. The number of nitrogens with zero attached hydrogens (tertiary/aromatic N) is 1. The number of hydrogen-bond donors (Lipinski definition) is 2. The van der Waals surface area contributed by atoms with Crippen LogP contribution in [0.25, 0.3) is 0 Å². The van der Waals surface area contributed by atoms with Crippen molar-refractivity contribution in [1.29, 1.82) is 0 Å². The second-order valence-corrected chi connectivity index (χ2v) is 4.66. The van der Waals surface area contributed by atoms with E-state index in [1.54, 1.807) is 24.3 Å². The van der Waals surface area contributed by atoms with Gasteiger partial charge in [0.2, 0.25) is 0 Å². The predicted molar refractivity (Wildman–Crippen MR) is 72.7 cm³/mol. The molecular formula is C13H11BrN2O2. The summed E-state index contributed by atoms with van der Waals surface area (Å²) in [5.74, 6) is -0.400. The first-order valence-corrected chi connectivity index (χ1v) is 6.08. The molecule has 1 aromatic carbocycles. The number of rotatable bonds is 2. The number of benzene rings is 1. The third-order valence-electron chi connectivity index (χ3n) is 2.38. The fourth-order valence-corrected chi connectivity index (χ4v) is 1.71. The highest BCUT2D eigenvalue weighted by Gasteiger charge is 2.11. The van der Waals surface area contributed by atoms with Gasteiger partial charge in [-0.15, -0.1) is 0 Å². The van der Waals surface area contributed by atoms with Crippen LogP contribution in [0.1, 0.15) is 15.9 Å². The number of hydrogen-bond acceptors (Lipinski definition) is 3. The van der Waals surface area contributed by atoms with Crippen molar-refractivity contribution in [2.24, 2.45) is 0 Å². The van der Waals surface area contributed by atoms with Crippen molar-refractivity contribution in [1.82, 2.24) is 4.98 Å². The molecule has 1 aromatic heterocycles. The van der Waals surface area contributed by atoms with E-state index in [2.05, 4.69) is 26.2 Å². The summed E-state index contributed by atoms with van der Waals surface area (Å²) in [6, 6.07) is 8.34. The summed E-state index contributed by atoms with van der Waals surface area (Å²) < 4.78 is 0.693. The van der Waals surface area contributed by atoms with Gasteiger partial charge >= 0.3 is 0 Å². The van der Waals surface area contributed by atoms with Crippen LogP contribution < -0.4 is 5.32 Å². The van der Waals surface area contributed by atoms with Crippen molar-refractivity contribution in [3.8, 4) is 5.75 Å². The molecule has 18 heavy (non-hydrogen) atoms. The number of phenols is 1. The number of carbonyl (C=O) groups excluding carboxylic acids is 1. The highest BCUT2D eigenvalue weighted by Crippen LogP contribution is 2.20. The van der Waals surface area contributed by atoms with E-state index in [1.165, 1.54) is 12.3 Å². The Hall–Kier alpha value is -1.88. The smallest absolute Gasteiger partial charge is 0.259 e. The Bertz CT molecular complexity index is 582. The molecule has 0 saturated heterocycles. The van der Waals surface area contributed by atoms with Gasteiger partial charge in [-0.05, 0) is 47.1 Å². The zero-order chi connectivity index (χ0) is 13.1. The van der Waals surface area contributed by atoms with Crippen LogP contribution in [0.5, 0.6) is 5.75 Å². The quantitative estimate of drug-likeness (QED) is 0.838. The van der Waals surface area contributed by atoms with Gasteiger partial charge in [-0.3, -0.25) is 4.79 Å².